The second-order valence-electron chi connectivity index (χ2n) is 2.66. The summed E-state index contributed by atoms with van der Waals surface area (Å²) in [6.45, 7) is 0. The summed E-state index contributed by atoms with van der Waals surface area (Å²) in [7, 11) is 0. The molecule has 0 aliphatic carbocycles. The van der Waals surface area contributed by atoms with Crippen molar-refractivity contribution in [2.45, 2.75) is 10.2 Å². The van der Waals surface area contributed by atoms with E-state index in [0.29, 0.717) is 15.2 Å². The number of halogens is 2. The van der Waals surface area contributed by atoms with Crippen molar-refractivity contribution in [2.75, 3.05) is 5.73 Å². The molecule has 2 N–H and O–H groups in total. The van der Waals surface area contributed by atoms with Gasteiger partial charge in [-0.25, -0.2) is 4.98 Å². The Morgan fingerprint density at radius 2 is 1.94 bits per heavy atom. The van der Waals surface area contributed by atoms with Gasteiger partial charge in [0.1, 0.15) is 5.03 Å². The van der Waals surface area contributed by atoms with Gasteiger partial charge >= 0.3 is 0 Å². The Morgan fingerprint density at radius 3 is 2.56 bits per heavy atom. The lowest BCUT2D eigenvalue weighted by atomic mass is 10.5. The van der Waals surface area contributed by atoms with Gasteiger partial charge in [0.15, 0.2) is 5.16 Å². The van der Waals surface area contributed by atoms with Gasteiger partial charge in [-0.3, -0.25) is 0 Å². The van der Waals surface area contributed by atoms with Gasteiger partial charge in [-0.1, -0.05) is 11.6 Å². The number of nitrogens with two attached hydrogens (primary N) is 1. The van der Waals surface area contributed by atoms with Crippen LogP contribution >= 0.6 is 35.0 Å². The molecule has 82 valence electrons. The van der Waals surface area contributed by atoms with E-state index in [1.807, 2.05) is 0 Å². The first-order chi connectivity index (χ1) is 7.63. The van der Waals surface area contributed by atoms with Crippen molar-refractivity contribution in [1.29, 1.82) is 0 Å². The number of pyridine rings is 1. The number of aromatic nitrogens is 4. The van der Waals surface area contributed by atoms with E-state index in [1.54, 1.807) is 12.1 Å². The molecule has 0 bridgehead atoms. The minimum Gasteiger partial charge on any atom is -0.368 e. The molecular weight excluding hydrogens is 269 g/mol. The molecule has 2 rings (SSSR count). The third kappa shape index (κ3) is 2.94. The Labute approximate surface area is 105 Å². The molecule has 0 unspecified atom stereocenters. The SMILES string of the molecule is Nc1nc(Cl)nc(Sc2ccc(Cl)cn2)n1. The van der Waals surface area contributed by atoms with Crippen LogP contribution in [0.4, 0.5) is 5.95 Å². The van der Waals surface area contributed by atoms with Crippen molar-refractivity contribution in [1.82, 2.24) is 19.9 Å². The highest BCUT2D eigenvalue weighted by molar-refractivity contribution is 7.99. The van der Waals surface area contributed by atoms with E-state index in [-0.39, 0.29) is 11.2 Å². The summed E-state index contributed by atoms with van der Waals surface area (Å²) in [6.07, 6.45) is 1.54. The average Bonchev–Trinajstić information content (AvgIpc) is 2.20. The summed E-state index contributed by atoms with van der Waals surface area (Å²) >= 11 is 12.6. The molecule has 2 aromatic rings. The van der Waals surface area contributed by atoms with E-state index in [9.17, 15) is 0 Å². The molecule has 16 heavy (non-hydrogen) atoms. The number of rotatable bonds is 2. The quantitative estimate of drug-likeness (QED) is 0.905. The number of hydrogen-bond acceptors (Lipinski definition) is 6. The molecule has 8 heteroatoms. The number of anilines is 1. The van der Waals surface area contributed by atoms with Gasteiger partial charge in [-0.05, 0) is 35.5 Å². The third-order valence-electron chi connectivity index (χ3n) is 1.50. The third-order valence-corrected chi connectivity index (χ3v) is 2.71. The van der Waals surface area contributed by atoms with E-state index in [1.165, 1.54) is 18.0 Å². The fourth-order valence-corrected chi connectivity index (χ4v) is 1.94. The second-order valence-corrected chi connectivity index (χ2v) is 4.42. The average molecular weight is 274 g/mol. The van der Waals surface area contributed by atoms with Gasteiger partial charge < -0.3 is 5.73 Å². The minimum absolute atomic E-state index is 0.0592. The van der Waals surface area contributed by atoms with Crippen LogP contribution in [0, 0.1) is 0 Å². The fraction of sp³-hybridized carbons (Fsp3) is 0. The van der Waals surface area contributed by atoms with Gasteiger partial charge in [0.05, 0.1) is 5.02 Å². The molecule has 2 aromatic heterocycles. The maximum absolute atomic E-state index is 5.71. The van der Waals surface area contributed by atoms with Crippen LogP contribution < -0.4 is 5.73 Å². The molecule has 0 spiro atoms. The first-order valence-corrected chi connectivity index (χ1v) is 5.67. The van der Waals surface area contributed by atoms with Crippen LogP contribution in [0.1, 0.15) is 0 Å². The molecule has 5 nitrogen and oxygen atoms in total. The van der Waals surface area contributed by atoms with Crippen LogP contribution in [0.2, 0.25) is 10.3 Å². The largest absolute Gasteiger partial charge is 0.368 e. The van der Waals surface area contributed by atoms with Crippen LogP contribution in [0.15, 0.2) is 28.5 Å². The normalized spacial score (nSPS) is 10.4. The predicted molar refractivity (Wildman–Crippen MR) is 62.6 cm³/mol. The van der Waals surface area contributed by atoms with Gasteiger partial charge in [0.2, 0.25) is 11.2 Å². The maximum atomic E-state index is 5.71. The van der Waals surface area contributed by atoms with Crippen LogP contribution in [-0.4, -0.2) is 19.9 Å². The van der Waals surface area contributed by atoms with Gasteiger partial charge in [-0.2, -0.15) is 15.0 Å². The molecule has 0 saturated carbocycles. The first kappa shape index (κ1) is 11.4. The zero-order chi connectivity index (χ0) is 11.5. The lowest BCUT2D eigenvalue weighted by molar-refractivity contribution is 0.913. The topological polar surface area (TPSA) is 77.6 Å². The van der Waals surface area contributed by atoms with Gasteiger partial charge in [-0.15, -0.1) is 0 Å². The van der Waals surface area contributed by atoms with E-state index in [4.69, 9.17) is 28.9 Å². The van der Waals surface area contributed by atoms with Crippen molar-refractivity contribution in [2.24, 2.45) is 0 Å². The fourth-order valence-electron chi connectivity index (χ4n) is 0.908. The Hall–Kier alpha value is -1.11. The van der Waals surface area contributed by atoms with E-state index < -0.39 is 0 Å². The zero-order valence-electron chi connectivity index (χ0n) is 7.76. The number of nitrogen functional groups attached to an aromatic ring is 1. The summed E-state index contributed by atoms with van der Waals surface area (Å²) in [6, 6.07) is 3.48. The highest BCUT2D eigenvalue weighted by atomic mass is 35.5. The summed E-state index contributed by atoms with van der Waals surface area (Å²) in [4.78, 5) is 15.6. The zero-order valence-corrected chi connectivity index (χ0v) is 10.1. The lowest BCUT2D eigenvalue weighted by Crippen LogP contribution is -1.99. The first-order valence-electron chi connectivity index (χ1n) is 4.10. The predicted octanol–water partition coefficient (Wildman–Crippen LogP) is 2.31. The second kappa shape index (κ2) is 4.82. The molecule has 0 atom stereocenters. The molecular formula is C8H5Cl2N5S. The van der Waals surface area contributed by atoms with Crippen molar-refractivity contribution in [3.63, 3.8) is 0 Å². The molecule has 0 radical (unpaired) electrons. The lowest BCUT2D eigenvalue weighted by Gasteiger charge is -2.00. The summed E-state index contributed by atoms with van der Waals surface area (Å²) in [5.74, 6) is 0.0801. The van der Waals surface area contributed by atoms with Crippen molar-refractivity contribution in [3.8, 4) is 0 Å². The molecule has 0 aliphatic rings. The molecule has 0 aromatic carbocycles. The van der Waals surface area contributed by atoms with Crippen molar-refractivity contribution in [3.05, 3.63) is 28.6 Å². The highest BCUT2D eigenvalue weighted by Gasteiger charge is 2.05. The summed E-state index contributed by atoms with van der Waals surface area (Å²) in [5, 5.41) is 1.72. The van der Waals surface area contributed by atoms with Gasteiger partial charge in [0.25, 0.3) is 0 Å². The standard InChI is InChI=1S/C8H5Cl2N5S/c9-4-1-2-5(12-3-4)16-8-14-6(10)13-7(11)15-8/h1-3H,(H2,11,13,14,15). The maximum Gasteiger partial charge on any atom is 0.228 e. The van der Waals surface area contributed by atoms with Crippen LogP contribution in [0.5, 0.6) is 0 Å². The minimum atomic E-state index is 0.0592. The van der Waals surface area contributed by atoms with Crippen LogP contribution in [-0.2, 0) is 0 Å². The number of hydrogen-bond donors (Lipinski definition) is 1. The summed E-state index contributed by atoms with van der Waals surface area (Å²) < 4.78 is 0. The Bertz CT molecular complexity index is 484. The van der Waals surface area contributed by atoms with Gasteiger partial charge in [0, 0.05) is 6.20 Å². The van der Waals surface area contributed by atoms with Crippen molar-refractivity contribution < 1.29 is 0 Å². The smallest absolute Gasteiger partial charge is 0.228 e. The van der Waals surface area contributed by atoms with E-state index in [0.717, 1.165) is 0 Å². The van der Waals surface area contributed by atoms with E-state index >= 15 is 0 Å². The Kier molecular flexibility index (Phi) is 3.42. The summed E-state index contributed by atoms with van der Waals surface area (Å²) in [5.41, 5.74) is 5.44. The van der Waals surface area contributed by atoms with Crippen LogP contribution in [0.25, 0.3) is 0 Å². The molecule has 0 amide bonds. The molecule has 0 fully saturated rings. The monoisotopic (exact) mass is 273 g/mol. The molecule has 2 heterocycles. The van der Waals surface area contributed by atoms with E-state index in [2.05, 4.69) is 19.9 Å². The Morgan fingerprint density at radius 1 is 1.12 bits per heavy atom. The van der Waals surface area contributed by atoms with Crippen molar-refractivity contribution >= 4 is 40.9 Å². The number of nitrogens with zero attached hydrogens (tertiary/aromatic N) is 4. The molecule has 0 aliphatic heterocycles. The Balaban J connectivity index is 2.23. The highest BCUT2D eigenvalue weighted by Crippen LogP contribution is 2.24. The molecule has 0 saturated heterocycles. The van der Waals surface area contributed by atoms with Crippen LogP contribution in [0.3, 0.4) is 0 Å².